The molecule has 5 nitrogen and oxygen atoms in total. The van der Waals surface area contributed by atoms with Gasteiger partial charge in [-0.05, 0) is 49.2 Å². The highest BCUT2D eigenvalue weighted by molar-refractivity contribution is 7.13. The van der Waals surface area contributed by atoms with Gasteiger partial charge in [-0.15, -0.1) is 11.3 Å². The predicted octanol–water partition coefficient (Wildman–Crippen LogP) is 7.07. The fourth-order valence-electron chi connectivity index (χ4n) is 3.85. The molecule has 164 valence electrons. The summed E-state index contributed by atoms with van der Waals surface area (Å²) in [6.07, 6.45) is 0.132. The molecule has 33 heavy (non-hydrogen) atoms. The van der Waals surface area contributed by atoms with Crippen LogP contribution in [0.15, 0.2) is 70.6 Å². The van der Waals surface area contributed by atoms with Crippen LogP contribution in [0.4, 0.5) is 5.69 Å². The highest BCUT2D eigenvalue weighted by Crippen LogP contribution is 2.33. The first-order valence-corrected chi connectivity index (χ1v) is 11.7. The normalized spacial score (nSPS) is 11.1. The summed E-state index contributed by atoms with van der Waals surface area (Å²) in [5, 5.41) is 11.5. The Bertz CT molecular complexity index is 1490. The van der Waals surface area contributed by atoms with Crippen molar-refractivity contribution in [2.75, 3.05) is 5.32 Å². The standard InChI is InChI=1S/C26H20ClN3O2S/c1-15-10-16(2)25-20(11-15)22(30-32-25)13-24(31)28-18-7-5-6-17(12-18)23-14-33-26(29-23)19-8-3-4-9-21(19)27/h3-12,14H,13H2,1-2H3,(H,28,31). The Balaban J connectivity index is 1.34. The van der Waals surface area contributed by atoms with Crippen molar-refractivity contribution < 1.29 is 9.32 Å². The first-order valence-electron chi connectivity index (χ1n) is 10.4. The van der Waals surface area contributed by atoms with Crippen molar-refractivity contribution in [2.45, 2.75) is 20.3 Å². The van der Waals surface area contributed by atoms with E-state index in [0.717, 1.165) is 43.9 Å². The molecule has 3 aromatic carbocycles. The quantitative estimate of drug-likeness (QED) is 0.296. The minimum atomic E-state index is -0.156. The number of carbonyl (C=O) groups is 1. The fraction of sp³-hybridized carbons (Fsp3) is 0.115. The number of carbonyl (C=O) groups excluding carboxylic acids is 1. The van der Waals surface area contributed by atoms with Crippen LogP contribution in [0.2, 0.25) is 5.02 Å². The van der Waals surface area contributed by atoms with Crippen LogP contribution in [-0.2, 0) is 11.2 Å². The molecule has 7 heteroatoms. The summed E-state index contributed by atoms with van der Waals surface area (Å²) >= 11 is 7.85. The molecular weight excluding hydrogens is 454 g/mol. The smallest absolute Gasteiger partial charge is 0.230 e. The molecule has 0 aliphatic heterocycles. The third kappa shape index (κ3) is 4.40. The maximum atomic E-state index is 12.7. The lowest BCUT2D eigenvalue weighted by Gasteiger charge is -2.06. The van der Waals surface area contributed by atoms with Gasteiger partial charge in [0.05, 0.1) is 17.1 Å². The van der Waals surface area contributed by atoms with E-state index in [1.807, 2.05) is 79.9 Å². The summed E-state index contributed by atoms with van der Waals surface area (Å²) in [5.41, 5.74) is 6.83. The minimum absolute atomic E-state index is 0.132. The second-order valence-electron chi connectivity index (χ2n) is 7.91. The maximum absolute atomic E-state index is 12.7. The highest BCUT2D eigenvalue weighted by Gasteiger charge is 2.15. The lowest BCUT2D eigenvalue weighted by molar-refractivity contribution is -0.115. The molecule has 1 amide bonds. The van der Waals surface area contributed by atoms with Crippen LogP contribution in [-0.4, -0.2) is 16.0 Å². The zero-order valence-electron chi connectivity index (χ0n) is 18.1. The van der Waals surface area contributed by atoms with Crippen LogP contribution in [0, 0.1) is 13.8 Å². The van der Waals surface area contributed by atoms with Gasteiger partial charge in [-0.25, -0.2) is 4.98 Å². The average molecular weight is 474 g/mol. The number of hydrogen-bond acceptors (Lipinski definition) is 5. The lowest BCUT2D eigenvalue weighted by Crippen LogP contribution is -2.14. The summed E-state index contributed by atoms with van der Waals surface area (Å²) < 4.78 is 5.46. The zero-order valence-corrected chi connectivity index (χ0v) is 19.6. The number of benzene rings is 3. The molecule has 2 heterocycles. The minimum Gasteiger partial charge on any atom is -0.356 e. The van der Waals surface area contributed by atoms with Gasteiger partial charge in [-0.2, -0.15) is 0 Å². The molecule has 0 atom stereocenters. The van der Waals surface area contributed by atoms with Gasteiger partial charge in [0.1, 0.15) is 10.7 Å². The van der Waals surface area contributed by atoms with Crippen molar-refractivity contribution in [3.63, 3.8) is 0 Å². The molecule has 0 aliphatic rings. The van der Waals surface area contributed by atoms with Crippen molar-refractivity contribution in [3.05, 3.63) is 87.9 Å². The number of rotatable bonds is 5. The largest absolute Gasteiger partial charge is 0.356 e. The Morgan fingerprint density at radius 2 is 1.94 bits per heavy atom. The van der Waals surface area contributed by atoms with Gasteiger partial charge in [0.15, 0.2) is 5.58 Å². The van der Waals surface area contributed by atoms with E-state index < -0.39 is 0 Å². The summed E-state index contributed by atoms with van der Waals surface area (Å²) in [5.74, 6) is -0.156. The number of anilines is 1. The van der Waals surface area contributed by atoms with Gasteiger partial charge in [0.2, 0.25) is 5.91 Å². The van der Waals surface area contributed by atoms with E-state index in [2.05, 4.69) is 10.5 Å². The number of halogens is 1. The number of fused-ring (bicyclic) bond motifs is 1. The average Bonchev–Trinajstić information content (AvgIpc) is 3.42. The third-order valence-corrected chi connectivity index (χ3v) is 6.56. The Kier molecular flexibility index (Phi) is 5.70. The number of nitrogens with zero attached hydrogens (tertiary/aromatic N) is 2. The summed E-state index contributed by atoms with van der Waals surface area (Å²) in [6, 6.07) is 19.3. The number of aryl methyl sites for hydroxylation is 2. The predicted molar refractivity (Wildman–Crippen MR) is 134 cm³/mol. The van der Waals surface area contributed by atoms with Crippen molar-refractivity contribution in [1.29, 1.82) is 0 Å². The molecule has 0 saturated carbocycles. The summed E-state index contributed by atoms with van der Waals surface area (Å²) in [6.45, 7) is 4.00. The van der Waals surface area contributed by atoms with E-state index in [9.17, 15) is 4.79 Å². The fourth-order valence-corrected chi connectivity index (χ4v) is 4.99. The Hall–Kier alpha value is -3.48. The van der Waals surface area contributed by atoms with Gasteiger partial charge in [-0.1, -0.05) is 53.2 Å². The molecule has 5 aromatic rings. The van der Waals surface area contributed by atoms with E-state index in [1.54, 1.807) is 0 Å². The molecule has 0 fully saturated rings. The topological polar surface area (TPSA) is 68.0 Å². The Labute approximate surface area is 200 Å². The number of nitrogens with one attached hydrogen (secondary N) is 1. The molecule has 0 unspecified atom stereocenters. The monoisotopic (exact) mass is 473 g/mol. The molecule has 0 bridgehead atoms. The molecular formula is C26H20ClN3O2S. The van der Waals surface area contributed by atoms with E-state index in [1.165, 1.54) is 11.3 Å². The van der Waals surface area contributed by atoms with Gasteiger partial charge in [-0.3, -0.25) is 4.79 Å². The van der Waals surface area contributed by atoms with Crippen molar-refractivity contribution in [1.82, 2.24) is 10.1 Å². The number of aromatic nitrogens is 2. The molecule has 0 aliphatic carbocycles. The van der Waals surface area contributed by atoms with E-state index in [0.29, 0.717) is 16.4 Å². The molecule has 1 N–H and O–H groups in total. The van der Waals surface area contributed by atoms with Crippen molar-refractivity contribution in [2.24, 2.45) is 0 Å². The number of amides is 1. The first kappa shape index (κ1) is 21.4. The zero-order chi connectivity index (χ0) is 22.9. The molecule has 5 rings (SSSR count). The molecule has 2 aromatic heterocycles. The SMILES string of the molecule is Cc1cc(C)c2onc(CC(=O)Nc3cccc(-c4csc(-c5ccccc5Cl)n4)c3)c2c1. The van der Waals surface area contributed by atoms with Gasteiger partial charge >= 0.3 is 0 Å². The van der Waals surface area contributed by atoms with Crippen LogP contribution in [0.3, 0.4) is 0 Å². The summed E-state index contributed by atoms with van der Waals surface area (Å²) in [7, 11) is 0. The number of hydrogen-bond donors (Lipinski definition) is 1. The van der Waals surface area contributed by atoms with Crippen LogP contribution in [0.1, 0.15) is 16.8 Å². The van der Waals surface area contributed by atoms with Crippen molar-refractivity contribution >= 4 is 45.5 Å². The van der Waals surface area contributed by atoms with Gasteiger partial charge in [0, 0.05) is 27.6 Å². The van der Waals surface area contributed by atoms with Crippen molar-refractivity contribution in [3.8, 4) is 21.8 Å². The summed E-state index contributed by atoms with van der Waals surface area (Å²) in [4.78, 5) is 17.5. The maximum Gasteiger partial charge on any atom is 0.230 e. The van der Waals surface area contributed by atoms with Crippen LogP contribution in [0.25, 0.3) is 32.8 Å². The van der Waals surface area contributed by atoms with Crippen LogP contribution < -0.4 is 5.32 Å². The van der Waals surface area contributed by atoms with Crippen LogP contribution in [0.5, 0.6) is 0 Å². The molecule has 0 saturated heterocycles. The molecule has 0 radical (unpaired) electrons. The Morgan fingerprint density at radius 3 is 2.79 bits per heavy atom. The van der Waals surface area contributed by atoms with E-state index in [4.69, 9.17) is 21.1 Å². The Morgan fingerprint density at radius 1 is 1.09 bits per heavy atom. The second-order valence-corrected chi connectivity index (χ2v) is 9.18. The highest BCUT2D eigenvalue weighted by atomic mass is 35.5. The lowest BCUT2D eigenvalue weighted by atomic mass is 10.1. The van der Waals surface area contributed by atoms with E-state index >= 15 is 0 Å². The number of thiazole rings is 1. The third-order valence-electron chi connectivity index (χ3n) is 5.36. The van der Waals surface area contributed by atoms with Crippen LogP contribution >= 0.6 is 22.9 Å². The van der Waals surface area contributed by atoms with Gasteiger partial charge < -0.3 is 9.84 Å². The second kappa shape index (κ2) is 8.81. The molecule has 0 spiro atoms. The van der Waals surface area contributed by atoms with Gasteiger partial charge in [0.25, 0.3) is 0 Å². The van der Waals surface area contributed by atoms with E-state index in [-0.39, 0.29) is 12.3 Å². The first-order chi connectivity index (χ1) is 16.0.